The molecule has 0 fully saturated rings. The Bertz CT molecular complexity index is 542. The highest BCUT2D eigenvalue weighted by Crippen LogP contribution is 2.25. The third kappa shape index (κ3) is 2.07. The van der Waals surface area contributed by atoms with E-state index in [2.05, 4.69) is 35.3 Å². The highest BCUT2D eigenvalue weighted by Gasteiger charge is 2.10. The second-order valence-electron chi connectivity index (χ2n) is 3.75. The van der Waals surface area contributed by atoms with Gasteiger partial charge in [0.15, 0.2) is 0 Å². The number of hydrogen-bond donors (Lipinski definition) is 1. The molecule has 0 aliphatic heterocycles. The summed E-state index contributed by atoms with van der Waals surface area (Å²) in [6.45, 7) is 4.12. The third-order valence-electron chi connectivity index (χ3n) is 2.45. The zero-order valence-electron chi connectivity index (χ0n) is 9.41. The molecule has 0 aromatic carbocycles. The van der Waals surface area contributed by atoms with Gasteiger partial charge in [-0.15, -0.1) is 11.3 Å². The average molecular weight is 234 g/mol. The average Bonchev–Trinajstić information content (AvgIpc) is 2.68. The fourth-order valence-electron chi connectivity index (χ4n) is 1.73. The van der Waals surface area contributed by atoms with Gasteiger partial charge in [-0.25, -0.2) is 4.98 Å². The van der Waals surface area contributed by atoms with Crippen molar-refractivity contribution in [2.24, 2.45) is 0 Å². The molecule has 0 aliphatic carbocycles. The smallest absolute Gasteiger partial charge is 0.254 e. The van der Waals surface area contributed by atoms with Crippen LogP contribution in [0, 0.1) is 6.92 Å². The Labute approximate surface area is 98.2 Å². The molecule has 84 valence electrons. The van der Waals surface area contributed by atoms with Crippen LogP contribution in [0.15, 0.2) is 22.6 Å². The maximum absolute atomic E-state index is 11.7. The molecule has 2 heterocycles. The van der Waals surface area contributed by atoms with Crippen LogP contribution in [0.3, 0.4) is 0 Å². The number of aromatic amines is 1. The Morgan fingerprint density at radius 3 is 2.94 bits per heavy atom. The lowest BCUT2D eigenvalue weighted by Gasteiger charge is -2.03. The lowest BCUT2D eigenvalue weighted by molar-refractivity contribution is 0.888. The minimum atomic E-state index is -0.0179. The summed E-state index contributed by atoms with van der Waals surface area (Å²) in [5.74, 6) is 0. The molecule has 2 aromatic heterocycles. The van der Waals surface area contributed by atoms with Gasteiger partial charge in [-0.1, -0.05) is 13.3 Å². The highest BCUT2D eigenvalue weighted by molar-refractivity contribution is 7.10. The van der Waals surface area contributed by atoms with E-state index in [1.165, 1.54) is 11.2 Å². The first-order chi connectivity index (χ1) is 7.72. The Hall–Kier alpha value is -1.42. The van der Waals surface area contributed by atoms with E-state index in [0.717, 1.165) is 29.7 Å². The molecule has 0 saturated carbocycles. The minimum Gasteiger partial charge on any atom is -0.313 e. The number of nitrogens with one attached hydrogen (secondary N) is 1. The van der Waals surface area contributed by atoms with Crippen LogP contribution in [-0.2, 0) is 6.42 Å². The van der Waals surface area contributed by atoms with Gasteiger partial charge in [-0.2, -0.15) is 0 Å². The second-order valence-corrected chi connectivity index (χ2v) is 4.87. The van der Waals surface area contributed by atoms with Crippen molar-refractivity contribution in [3.63, 3.8) is 0 Å². The number of aromatic nitrogens is 2. The van der Waals surface area contributed by atoms with Crippen molar-refractivity contribution in [2.45, 2.75) is 26.7 Å². The van der Waals surface area contributed by atoms with Gasteiger partial charge in [-0.05, 0) is 19.4 Å². The molecule has 3 nitrogen and oxygen atoms in total. The largest absolute Gasteiger partial charge is 0.313 e. The van der Waals surface area contributed by atoms with Crippen LogP contribution in [0.2, 0.25) is 0 Å². The standard InChI is InChI=1S/C12H14N2OS/c1-3-4-10-11(13-7-14-12(10)15)9-5-8(2)16-6-9/h5-7H,3-4H2,1-2H3,(H,13,14,15). The van der Waals surface area contributed by atoms with Crippen LogP contribution < -0.4 is 5.56 Å². The third-order valence-corrected chi connectivity index (χ3v) is 3.31. The first-order valence-electron chi connectivity index (χ1n) is 5.34. The van der Waals surface area contributed by atoms with Crippen molar-refractivity contribution in [1.29, 1.82) is 0 Å². The number of hydrogen-bond acceptors (Lipinski definition) is 3. The van der Waals surface area contributed by atoms with E-state index in [1.54, 1.807) is 11.3 Å². The molecule has 0 unspecified atom stereocenters. The van der Waals surface area contributed by atoms with E-state index >= 15 is 0 Å². The number of H-pyrrole nitrogens is 1. The predicted octanol–water partition coefficient (Wildman–Crippen LogP) is 2.76. The molecule has 0 amide bonds. The van der Waals surface area contributed by atoms with E-state index in [1.807, 2.05) is 0 Å². The summed E-state index contributed by atoms with van der Waals surface area (Å²) in [7, 11) is 0. The fraction of sp³-hybridized carbons (Fsp3) is 0.333. The van der Waals surface area contributed by atoms with Gasteiger partial charge in [0.2, 0.25) is 0 Å². The summed E-state index contributed by atoms with van der Waals surface area (Å²) in [4.78, 5) is 19.9. The van der Waals surface area contributed by atoms with Gasteiger partial charge in [0, 0.05) is 21.4 Å². The van der Waals surface area contributed by atoms with Crippen molar-refractivity contribution >= 4 is 11.3 Å². The van der Waals surface area contributed by atoms with Crippen LogP contribution in [0.4, 0.5) is 0 Å². The molecule has 0 bridgehead atoms. The zero-order chi connectivity index (χ0) is 11.5. The first kappa shape index (κ1) is 11.1. The monoisotopic (exact) mass is 234 g/mol. The molecule has 2 rings (SSSR count). The van der Waals surface area contributed by atoms with Gasteiger partial charge < -0.3 is 4.98 Å². The normalized spacial score (nSPS) is 10.6. The summed E-state index contributed by atoms with van der Waals surface area (Å²) >= 11 is 1.68. The summed E-state index contributed by atoms with van der Waals surface area (Å²) in [5.41, 5.74) is 2.66. The van der Waals surface area contributed by atoms with Crippen LogP contribution in [0.5, 0.6) is 0 Å². The van der Waals surface area contributed by atoms with Gasteiger partial charge in [-0.3, -0.25) is 4.79 Å². The van der Waals surface area contributed by atoms with Gasteiger partial charge in [0.1, 0.15) is 0 Å². The number of aryl methyl sites for hydroxylation is 1. The Kier molecular flexibility index (Phi) is 3.19. The maximum atomic E-state index is 11.7. The summed E-state index contributed by atoms with van der Waals surface area (Å²) < 4.78 is 0. The summed E-state index contributed by atoms with van der Waals surface area (Å²) in [5, 5.41) is 2.05. The maximum Gasteiger partial charge on any atom is 0.254 e. The molecule has 0 aliphatic rings. The minimum absolute atomic E-state index is 0.0179. The van der Waals surface area contributed by atoms with E-state index < -0.39 is 0 Å². The van der Waals surface area contributed by atoms with Crippen molar-refractivity contribution in [3.05, 3.63) is 38.6 Å². The van der Waals surface area contributed by atoms with Gasteiger partial charge in [0.05, 0.1) is 12.0 Å². The quantitative estimate of drug-likeness (QED) is 0.887. The summed E-state index contributed by atoms with van der Waals surface area (Å²) in [6, 6.07) is 2.07. The molecular formula is C12H14N2OS. The molecule has 0 saturated heterocycles. The highest BCUT2D eigenvalue weighted by atomic mass is 32.1. The predicted molar refractivity (Wildman–Crippen MR) is 66.9 cm³/mol. The number of rotatable bonds is 3. The molecule has 4 heteroatoms. The molecule has 1 N–H and O–H groups in total. The molecule has 0 radical (unpaired) electrons. The molecule has 16 heavy (non-hydrogen) atoms. The fourth-order valence-corrected chi connectivity index (χ4v) is 2.41. The topological polar surface area (TPSA) is 45.8 Å². The lowest BCUT2D eigenvalue weighted by atomic mass is 10.1. The second kappa shape index (κ2) is 4.61. The van der Waals surface area contributed by atoms with Crippen molar-refractivity contribution in [1.82, 2.24) is 9.97 Å². The van der Waals surface area contributed by atoms with Crippen LogP contribution in [-0.4, -0.2) is 9.97 Å². The number of thiophene rings is 1. The van der Waals surface area contributed by atoms with Crippen LogP contribution in [0.25, 0.3) is 11.3 Å². The van der Waals surface area contributed by atoms with Gasteiger partial charge >= 0.3 is 0 Å². The lowest BCUT2D eigenvalue weighted by Crippen LogP contribution is -2.14. The van der Waals surface area contributed by atoms with E-state index in [4.69, 9.17) is 0 Å². The molecule has 0 spiro atoms. The molecule has 2 aromatic rings. The number of nitrogens with zero attached hydrogens (tertiary/aromatic N) is 1. The van der Waals surface area contributed by atoms with E-state index in [-0.39, 0.29) is 5.56 Å². The van der Waals surface area contributed by atoms with Crippen LogP contribution in [0.1, 0.15) is 23.8 Å². The van der Waals surface area contributed by atoms with Gasteiger partial charge in [0.25, 0.3) is 5.56 Å². The van der Waals surface area contributed by atoms with Crippen molar-refractivity contribution < 1.29 is 0 Å². The zero-order valence-corrected chi connectivity index (χ0v) is 10.2. The molecular weight excluding hydrogens is 220 g/mol. The van der Waals surface area contributed by atoms with Crippen molar-refractivity contribution in [3.8, 4) is 11.3 Å². The van der Waals surface area contributed by atoms with E-state index in [0.29, 0.717) is 0 Å². The molecule has 0 atom stereocenters. The first-order valence-corrected chi connectivity index (χ1v) is 6.22. The Morgan fingerprint density at radius 1 is 1.50 bits per heavy atom. The Morgan fingerprint density at radius 2 is 2.31 bits per heavy atom. The van der Waals surface area contributed by atoms with Crippen molar-refractivity contribution in [2.75, 3.05) is 0 Å². The Balaban J connectivity index is 2.55. The van der Waals surface area contributed by atoms with Crippen LogP contribution >= 0.6 is 11.3 Å². The SMILES string of the molecule is CCCc1c(-c2csc(C)c2)nc[nH]c1=O. The van der Waals surface area contributed by atoms with E-state index in [9.17, 15) is 4.79 Å². The summed E-state index contributed by atoms with van der Waals surface area (Å²) in [6.07, 6.45) is 3.20.